The number of thioether (sulfide) groups is 1. The maximum atomic E-state index is 4.20. The molecule has 0 spiro atoms. The average molecular weight is 312 g/mol. The van der Waals surface area contributed by atoms with Gasteiger partial charge in [0.2, 0.25) is 0 Å². The SMILES string of the molecule is CCC(Br)c1cn(-c2ccccc2SC)nn1. The van der Waals surface area contributed by atoms with Gasteiger partial charge in [-0.25, -0.2) is 4.68 Å². The van der Waals surface area contributed by atoms with Crippen molar-refractivity contribution in [2.75, 3.05) is 6.26 Å². The number of para-hydroxylation sites is 1. The third kappa shape index (κ3) is 2.72. The molecule has 1 aromatic carbocycles. The molecule has 1 heterocycles. The lowest BCUT2D eigenvalue weighted by Gasteiger charge is -2.05. The first-order chi connectivity index (χ1) is 8.26. The monoisotopic (exact) mass is 311 g/mol. The van der Waals surface area contributed by atoms with Gasteiger partial charge in [-0.2, -0.15) is 0 Å². The highest BCUT2D eigenvalue weighted by Gasteiger charge is 2.11. The molecule has 90 valence electrons. The van der Waals surface area contributed by atoms with Crippen molar-refractivity contribution in [3.05, 3.63) is 36.2 Å². The average Bonchev–Trinajstić information content (AvgIpc) is 2.87. The zero-order valence-corrected chi connectivity index (χ0v) is 12.2. The lowest BCUT2D eigenvalue weighted by Crippen LogP contribution is -1.96. The third-order valence-electron chi connectivity index (χ3n) is 2.52. The van der Waals surface area contributed by atoms with Crippen LogP contribution in [0.3, 0.4) is 0 Å². The first-order valence-electron chi connectivity index (χ1n) is 5.46. The molecule has 1 atom stereocenters. The second-order valence-corrected chi connectivity index (χ2v) is 5.59. The van der Waals surface area contributed by atoms with Gasteiger partial charge in [-0.15, -0.1) is 16.9 Å². The van der Waals surface area contributed by atoms with Crippen molar-refractivity contribution in [3.63, 3.8) is 0 Å². The molecule has 1 aromatic heterocycles. The molecule has 2 aromatic rings. The molecular weight excluding hydrogens is 298 g/mol. The van der Waals surface area contributed by atoms with E-state index in [0.717, 1.165) is 17.8 Å². The molecule has 0 aliphatic carbocycles. The summed E-state index contributed by atoms with van der Waals surface area (Å²) in [6, 6.07) is 8.20. The number of hydrogen-bond acceptors (Lipinski definition) is 3. The molecule has 0 saturated carbocycles. The van der Waals surface area contributed by atoms with Crippen molar-refractivity contribution in [1.82, 2.24) is 15.0 Å². The molecule has 3 nitrogen and oxygen atoms in total. The molecule has 0 aliphatic heterocycles. The topological polar surface area (TPSA) is 30.7 Å². The highest BCUT2D eigenvalue weighted by molar-refractivity contribution is 9.09. The summed E-state index contributed by atoms with van der Waals surface area (Å²) < 4.78 is 1.84. The summed E-state index contributed by atoms with van der Waals surface area (Å²) in [7, 11) is 0. The van der Waals surface area contributed by atoms with E-state index < -0.39 is 0 Å². The lowest BCUT2D eigenvalue weighted by atomic mass is 10.3. The fraction of sp³-hybridized carbons (Fsp3) is 0.333. The van der Waals surface area contributed by atoms with Crippen LogP contribution in [0.1, 0.15) is 23.9 Å². The molecule has 5 heteroatoms. The van der Waals surface area contributed by atoms with Crippen LogP contribution in [0, 0.1) is 0 Å². The number of hydrogen-bond donors (Lipinski definition) is 0. The normalized spacial score (nSPS) is 12.6. The number of benzene rings is 1. The van der Waals surface area contributed by atoms with Crippen molar-refractivity contribution >= 4 is 27.7 Å². The van der Waals surface area contributed by atoms with Gasteiger partial charge in [0.25, 0.3) is 0 Å². The zero-order chi connectivity index (χ0) is 12.3. The Kier molecular flexibility index (Phi) is 4.23. The highest BCUT2D eigenvalue weighted by Crippen LogP contribution is 2.26. The van der Waals surface area contributed by atoms with Crippen molar-refractivity contribution in [3.8, 4) is 5.69 Å². The summed E-state index contributed by atoms with van der Waals surface area (Å²) in [5, 5.41) is 8.38. The van der Waals surface area contributed by atoms with E-state index in [1.807, 2.05) is 23.0 Å². The Morgan fingerprint density at radius 1 is 1.41 bits per heavy atom. The largest absolute Gasteiger partial charge is 0.219 e. The van der Waals surface area contributed by atoms with Gasteiger partial charge >= 0.3 is 0 Å². The summed E-state index contributed by atoms with van der Waals surface area (Å²) in [6.07, 6.45) is 5.05. The molecular formula is C12H14BrN3S. The molecule has 2 rings (SSSR count). The first-order valence-corrected chi connectivity index (χ1v) is 7.60. The fourth-order valence-corrected chi connectivity index (χ4v) is 2.36. The summed E-state index contributed by atoms with van der Waals surface area (Å²) >= 11 is 5.30. The maximum absolute atomic E-state index is 4.20. The number of rotatable bonds is 4. The van der Waals surface area contributed by atoms with Crippen molar-refractivity contribution in [1.29, 1.82) is 0 Å². The minimum Gasteiger partial charge on any atom is -0.219 e. The number of aromatic nitrogens is 3. The van der Waals surface area contributed by atoms with Crippen molar-refractivity contribution in [2.24, 2.45) is 0 Å². The Bertz CT molecular complexity index is 498. The first kappa shape index (κ1) is 12.6. The Labute approximate surface area is 114 Å². The Balaban J connectivity index is 2.37. The van der Waals surface area contributed by atoms with E-state index in [4.69, 9.17) is 0 Å². The molecule has 0 bridgehead atoms. The van der Waals surface area contributed by atoms with E-state index in [1.165, 1.54) is 4.90 Å². The Hall–Kier alpha value is -0.810. The second kappa shape index (κ2) is 5.69. The maximum Gasteiger partial charge on any atom is 0.0967 e. The third-order valence-corrected chi connectivity index (χ3v) is 4.42. The van der Waals surface area contributed by atoms with Crippen LogP contribution in [0.2, 0.25) is 0 Å². The lowest BCUT2D eigenvalue weighted by molar-refractivity contribution is 0.781. The smallest absolute Gasteiger partial charge is 0.0967 e. The zero-order valence-electron chi connectivity index (χ0n) is 9.80. The molecule has 0 saturated heterocycles. The van der Waals surface area contributed by atoms with Crippen LogP contribution in [-0.4, -0.2) is 21.2 Å². The highest BCUT2D eigenvalue weighted by atomic mass is 79.9. The summed E-state index contributed by atoms with van der Waals surface area (Å²) in [4.78, 5) is 1.48. The van der Waals surface area contributed by atoms with Gasteiger partial charge < -0.3 is 0 Å². The molecule has 0 N–H and O–H groups in total. The van der Waals surface area contributed by atoms with Crippen LogP contribution >= 0.6 is 27.7 Å². The Morgan fingerprint density at radius 3 is 2.88 bits per heavy atom. The molecule has 17 heavy (non-hydrogen) atoms. The summed E-state index contributed by atoms with van der Waals surface area (Å²) in [5.74, 6) is 0. The quantitative estimate of drug-likeness (QED) is 0.635. The number of halogens is 1. The van der Waals surface area contributed by atoms with E-state index in [-0.39, 0.29) is 4.83 Å². The summed E-state index contributed by atoms with van der Waals surface area (Å²) in [5.41, 5.74) is 2.05. The van der Waals surface area contributed by atoms with E-state index in [9.17, 15) is 0 Å². The molecule has 0 amide bonds. The van der Waals surface area contributed by atoms with Crippen LogP contribution < -0.4 is 0 Å². The predicted octanol–water partition coefficient (Wildman–Crippen LogP) is 3.84. The van der Waals surface area contributed by atoms with Gasteiger partial charge in [0, 0.05) is 4.90 Å². The van der Waals surface area contributed by atoms with Crippen LogP contribution in [0.5, 0.6) is 0 Å². The molecule has 0 radical (unpaired) electrons. The van der Waals surface area contributed by atoms with Gasteiger partial charge in [-0.3, -0.25) is 0 Å². The van der Waals surface area contributed by atoms with Gasteiger partial charge in [-0.05, 0) is 24.8 Å². The van der Waals surface area contributed by atoms with Crippen LogP contribution in [-0.2, 0) is 0 Å². The fourth-order valence-electron chi connectivity index (χ4n) is 1.57. The molecule has 0 fully saturated rings. The van der Waals surface area contributed by atoms with Gasteiger partial charge in [0.05, 0.1) is 22.4 Å². The van der Waals surface area contributed by atoms with Gasteiger partial charge in [0.15, 0.2) is 0 Å². The van der Waals surface area contributed by atoms with Crippen molar-refractivity contribution in [2.45, 2.75) is 23.1 Å². The standard InChI is InChI=1S/C12H14BrN3S/c1-3-9(13)10-8-16(15-14-10)11-6-4-5-7-12(11)17-2/h4-9H,3H2,1-2H3. The minimum absolute atomic E-state index is 0.276. The second-order valence-electron chi connectivity index (χ2n) is 3.64. The molecule has 0 aliphatic rings. The van der Waals surface area contributed by atoms with E-state index >= 15 is 0 Å². The van der Waals surface area contributed by atoms with Crippen LogP contribution in [0.25, 0.3) is 5.69 Å². The predicted molar refractivity (Wildman–Crippen MR) is 75.1 cm³/mol. The number of nitrogens with zero attached hydrogens (tertiary/aromatic N) is 3. The molecule has 1 unspecified atom stereocenters. The van der Waals surface area contributed by atoms with E-state index in [2.05, 4.69) is 51.6 Å². The van der Waals surface area contributed by atoms with E-state index in [1.54, 1.807) is 11.8 Å². The summed E-state index contributed by atoms with van der Waals surface area (Å²) in [6.45, 7) is 2.12. The van der Waals surface area contributed by atoms with E-state index in [0.29, 0.717) is 0 Å². The Morgan fingerprint density at radius 2 is 2.18 bits per heavy atom. The van der Waals surface area contributed by atoms with Crippen LogP contribution in [0.4, 0.5) is 0 Å². The number of alkyl halides is 1. The van der Waals surface area contributed by atoms with Gasteiger partial charge in [0.1, 0.15) is 0 Å². The van der Waals surface area contributed by atoms with Crippen LogP contribution in [0.15, 0.2) is 35.4 Å². The van der Waals surface area contributed by atoms with Crippen molar-refractivity contribution < 1.29 is 0 Å². The van der Waals surface area contributed by atoms with Gasteiger partial charge in [-0.1, -0.05) is 40.2 Å². The minimum atomic E-state index is 0.276.